The van der Waals surface area contributed by atoms with E-state index in [-0.39, 0.29) is 0 Å². The summed E-state index contributed by atoms with van der Waals surface area (Å²) in [5.74, 6) is 0.317. The molecule has 0 aliphatic heterocycles. The van der Waals surface area contributed by atoms with Crippen molar-refractivity contribution in [2.24, 2.45) is 5.92 Å². The second-order valence-electron chi connectivity index (χ2n) is 7.28. The molecule has 0 aromatic carbocycles. The molecule has 0 rings (SSSR count). The van der Waals surface area contributed by atoms with Crippen LogP contribution >= 0.6 is 0 Å². The van der Waals surface area contributed by atoms with Gasteiger partial charge in [0.25, 0.3) is 5.09 Å². The van der Waals surface area contributed by atoms with E-state index < -0.39 is 10.7 Å². The van der Waals surface area contributed by atoms with Crippen LogP contribution in [0.15, 0.2) is 0 Å². The van der Waals surface area contributed by atoms with Crippen molar-refractivity contribution in [2.75, 3.05) is 0 Å². The first kappa shape index (κ1) is 23.2. The van der Waals surface area contributed by atoms with Crippen LogP contribution in [0.2, 0.25) is 0 Å². The predicted octanol–water partition coefficient (Wildman–Crippen LogP) is 7.09. The molecule has 0 saturated carbocycles. The van der Waals surface area contributed by atoms with Crippen molar-refractivity contribution in [3.63, 3.8) is 0 Å². The van der Waals surface area contributed by atoms with Gasteiger partial charge in [-0.05, 0) is 31.6 Å². The van der Waals surface area contributed by atoms with Crippen LogP contribution in [-0.2, 0) is 4.84 Å². The fourth-order valence-corrected chi connectivity index (χ4v) is 3.74. The Morgan fingerprint density at radius 3 is 1.75 bits per heavy atom. The topological polar surface area (TPSA) is 52.4 Å². The molecule has 144 valence electrons. The molecule has 24 heavy (non-hydrogen) atoms. The van der Waals surface area contributed by atoms with Gasteiger partial charge in [-0.1, -0.05) is 91.9 Å². The standard InChI is InChI=1S/C20H41NO3/c1-5-9-13-14-16-19(15-10-6-2)20(17-11-7-3,18-12-8-4)24-21(22)23/h19H,5-18H2,1-4H3. The minimum atomic E-state index is -0.559. The molecule has 0 spiro atoms. The molecule has 1 atom stereocenters. The Morgan fingerprint density at radius 2 is 1.29 bits per heavy atom. The van der Waals surface area contributed by atoms with Crippen LogP contribution in [0.25, 0.3) is 0 Å². The minimum Gasteiger partial charge on any atom is -0.307 e. The molecule has 0 saturated heterocycles. The summed E-state index contributed by atoms with van der Waals surface area (Å²) in [5, 5.41) is 10.8. The van der Waals surface area contributed by atoms with Crippen molar-refractivity contribution in [3.8, 4) is 0 Å². The summed E-state index contributed by atoms with van der Waals surface area (Å²) in [4.78, 5) is 16.8. The molecule has 0 aromatic heterocycles. The highest BCUT2D eigenvalue weighted by Gasteiger charge is 2.40. The summed E-state index contributed by atoms with van der Waals surface area (Å²) >= 11 is 0. The van der Waals surface area contributed by atoms with E-state index in [1.165, 1.54) is 25.7 Å². The average Bonchev–Trinajstić information content (AvgIpc) is 2.56. The number of hydrogen-bond donors (Lipinski definition) is 0. The van der Waals surface area contributed by atoms with Gasteiger partial charge in [0.05, 0.1) is 0 Å². The van der Waals surface area contributed by atoms with Crippen LogP contribution < -0.4 is 0 Å². The second kappa shape index (κ2) is 14.5. The molecule has 0 heterocycles. The first-order chi connectivity index (χ1) is 11.6. The van der Waals surface area contributed by atoms with E-state index in [1.807, 2.05) is 0 Å². The molecule has 1 unspecified atom stereocenters. The largest absolute Gasteiger partial charge is 0.307 e. The maximum atomic E-state index is 11.3. The summed E-state index contributed by atoms with van der Waals surface area (Å²) in [5.41, 5.74) is -0.559. The van der Waals surface area contributed by atoms with E-state index in [0.29, 0.717) is 5.92 Å². The van der Waals surface area contributed by atoms with E-state index >= 15 is 0 Å². The maximum Gasteiger partial charge on any atom is 0.295 e. The smallest absolute Gasteiger partial charge is 0.295 e. The molecular formula is C20H41NO3. The van der Waals surface area contributed by atoms with Gasteiger partial charge in [-0.3, -0.25) is 0 Å². The van der Waals surface area contributed by atoms with Crippen molar-refractivity contribution in [3.05, 3.63) is 10.1 Å². The van der Waals surface area contributed by atoms with Crippen LogP contribution in [0, 0.1) is 16.0 Å². The molecule has 0 radical (unpaired) electrons. The highest BCUT2D eigenvalue weighted by atomic mass is 17.0. The van der Waals surface area contributed by atoms with Gasteiger partial charge < -0.3 is 4.84 Å². The van der Waals surface area contributed by atoms with Crippen molar-refractivity contribution in [2.45, 2.75) is 123 Å². The zero-order valence-electron chi connectivity index (χ0n) is 16.6. The molecule has 0 aliphatic rings. The molecule has 4 heteroatoms. The van der Waals surface area contributed by atoms with E-state index in [2.05, 4.69) is 27.7 Å². The molecule has 0 aromatic rings. The molecule has 0 aliphatic carbocycles. The lowest BCUT2D eigenvalue weighted by molar-refractivity contribution is -0.785. The Labute approximate surface area is 149 Å². The summed E-state index contributed by atoms with van der Waals surface area (Å²) in [7, 11) is 0. The number of nitrogens with zero attached hydrogens (tertiary/aromatic N) is 1. The van der Waals surface area contributed by atoms with Gasteiger partial charge in [0.1, 0.15) is 5.60 Å². The Bertz CT molecular complexity index is 299. The van der Waals surface area contributed by atoms with Gasteiger partial charge in [-0.15, -0.1) is 10.1 Å². The van der Waals surface area contributed by atoms with Gasteiger partial charge >= 0.3 is 0 Å². The molecule has 0 amide bonds. The van der Waals surface area contributed by atoms with E-state index in [0.717, 1.165) is 64.2 Å². The SMILES string of the molecule is CCCCCCC(CCCC)C(CCCC)(CCCC)O[N+](=O)[O-]. The van der Waals surface area contributed by atoms with E-state index in [4.69, 9.17) is 4.84 Å². The average molecular weight is 344 g/mol. The van der Waals surface area contributed by atoms with Gasteiger partial charge in [0.2, 0.25) is 0 Å². The zero-order chi connectivity index (χ0) is 18.3. The summed E-state index contributed by atoms with van der Waals surface area (Å²) in [6.07, 6.45) is 15.1. The third-order valence-corrected chi connectivity index (χ3v) is 5.22. The third-order valence-electron chi connectivity index (χ3n) is 5.22. The van der Waals surface area contributed by atoms with Crippen LogP contribution in [0.5, 0.6) is 0 Å². The van der Waals surface area contributed by atoms with Crippen LogP contribution in [-0.4, -0.2) is 10.7 Å². The van der Waals surface area contributed by atoms with E-state index in [1.54, 1.807) is 0 Å². The first-order valence-corrected chi connectivity index (χ1v) is 10.4. The summed E-state index contributed by atoms with van der Waals surface area (Å²) in [6.45, 7) is 8.72. The first-order valence-electron chi connectivity index (χ1n) is 10.4. The second-order valence-corrected chi connectivity index (χ2v) is 7.28. The Morgan fingerprint density at radius 1 is 0.792 bits per heavy atom. The number of hydrogen-bond acceptors (Lipinski definition) is 3. The third kappa shape index (κ3) is 9.48. The zero-order valence-corrected chi connectivity index (χ0v) is 16.6. The Hall–Kier alpha value is -0.800. The Balaban J connectivity index is 5.23. The lowest BCUT2D eigenvalue weighted by Crippen LogP contribution is -2.43. The van der Waals surface area contributed by atoms with Gasteiger partial charge in [0, 0.05) is 0 Å². The molecule has 4 nitrogen and oxygen atoms in total. The van der Waals surface area contributed by atoms with Crippen LogP contribution in [0.3, 0.4) is 0 Å². The fraction of sp³-hybridized carbons (Fsp3) is 1.00. The fourth-order valence-electron chi connectivity index (χ4n) is 3.74. The summed E-state index contributed by atoms with van der Waals surface area (Å²) in [6, 6.07) is 0. The highest BCUT2D eigenvalue weighted by Crippen LogP contribution is 2.39. The lowest BCUT2D eigenvalue weighted by atomic mass is 9.74. The number of rotatable bonds is 17. The van der Waals surface area contributed by atoms with Crippen molar-refractivity contribution in [1.82, 2.24) is 0 Å². The van der Waals surface area contributed by atoms with Gasteiger partial charge in [-0.25, -0.2) is 0 Å². The highest BCUT2D eigenvalue weighted by molar-refractivity contribution is 4.87. The van der Waals surface area contributed by atoms with Gasteiger partial charge in [0.15, 0.2) is 0 Å². The van der Waals surface area contributed by atoms with Crippen LogP contribution in [0.1, 0.15) is 118 Å². The quantitative estimate of drug-likeness (QED) is 0.161. The predicted molar refractivity (Wildman–Crippen MR) is 102 cm³/mol. The van der Waals surface area contributed by atoms with Gasteiger partial charge in [-0.2, -0.15) is 0 Å². The summed E-state index contributed by atoms with van der Waals surface area (Å²) < 4.78 is 0. The molecular weight excluding hydrogens is 302 g/mol. The monoisotopic (exact) mass is 343 g/mol. The molecule has 0 N–H and O–H groups in total. The molecule has 0 fully saturated rings. The minimum absolute atomic E-state index is 0.317. The van der Waals surface area contributed by atoms with Crippen molar-refractivity contribution in [1.29, 1.82) is 0 Å². The van der Waals surface area contributed by atoms with Crippen molar-refractivity contribution < 1.29 is 9.92 Å². The van der Waals surface area contributed by atoms with Crippen molar-refractivity contribution >= 4 is 0 Å². The van der Waals surface area contributed by atoms with Crippen LogP contribution in [0.4, 0.5) is 0 Å². The lowest BCUT2D eigenvalue weighted by Gasteiger charge is -2.39. The van der Waals surface area contributed by atoms with E-state index in [9.17, 15) is 10.1 Å². The Kier molecular flexibility index (Phi) is 14.1. The molecule has 0 bridgehead atoms. The normalized spacial score (nSPS) is 13.0. The maximum absolute atomic E-state index is 11.3. The number of unbranched alkanes of at least 4 members (excludes halogenated alkanes) is 6.